The van der Waals surface area contributed by atoms with Gasteiger partial charge in [-0.2, -0.15) is 0 Å². The molecule has 0 aliphatic carbocycles. The number of pyridine rings is 2. The number of carbonyl (C=O) groups excluding carboxylic acids is 1. The molecule has 0 fully saturated rings. The molecule has 106 valence electrons. The van der Waals surface area contributed by atoms with E-state index < -0.39 is 5.24 Å². The minimum atomic E-state index is -0.474. The second kappa shape index (κ2) is 6.20. The molecule has 3 nitrogen and oxygen atoms in total. The highest BCUT2D eigenvalue weighted by Crippen LogP contribution is 2.27. The molecule has 0 N–H and O–H groups in total. The van der Waals surface area contributed by atoms with E-state index in [1.54, 1.807) is 18.5 Å². The van der Waals surface area contributed by atoms with Gasteiger partial charge in [-0.1, -0.05) is 18.2 Å². The van der Waals surface area contributed by atoms with Crippen molar-refractivity contribution >= 4 is 40.2 Å². The maximum Gasteiger partial charge on any atom is 0.253 e. The Morgan fingerprint density at radius 1 is 1.14 bits per heavy atom. The van der Waals surface area contributed by atoms with Crippen molar-refractivity contribution in [3.63, 3.8) is 0 Å². The van der Waals surface area contributed by atoms with Gasteiger partial charge in [0.1, 0.15) is 0 Å². The summed E-state index contributed by atoms with van der Waals surface area (Å²) in [7, 11) is 0. The average molecular weight is 319 g/mol. The zero-order valence-corrected chi connectivity index (χ0v) is 12.8. The summed E-state index contributed by atoms with van der Waals surface area (Å²) in [4.78, 5) is 20.3. The van der Waals surface area contributed by atoms with Crippen LogP contribution in [0, 0.1) is 6.92 Å². The van der Waals surface area contributed by atoms with E-state index in [1.165, 1.54) is 0 Å². The number of aromatic nitrogens is 2. The van der Waals surface area contributed by atoms with E-state index >= 15 is 0 Å². The van der Waals surface area contributed by atoms with Crippen LogP contribution in [0.15, 0.2) is 48.8 Å². The largest absolute Gasteiger partial charge is 0.276 e. The van der Waals surface area contributed by atoms with Gasteiger partial charge in [0.05, 0.1) is 11.2 Å². The molecule has 0 bridgehead atoms. The molecule has 0 amide bonds. The first-order chi connectivity index (χ1) is 9.66. The highest BCUT2D eigenvalue weighted by Gasteiger charge is 2.13. The number of rotatable bonds is 2. The van der Waals surface area contributed by atoms with E-state index in [0.717, 1.165) is 27.7 Å². The molecule has 0 spiro atoms. The molecule has 0 radical (unpaired) electrons. The number of para-hydroxylation sites is 1. The monoisotopic (exact) mass is 318 g/mol. The highest BCUT2D eigenvalue weighted by atomic mass is 35.5. The fourth-order valence-electron chi connectivity index (χ4n) is 2.23. The predicted molar refractivity (Wildman–Crippen MR) is 87.1 cm³/mol. The third-order valence-electron chi connectivity index (χ3n) is 3.23. The zero-order valence-electron chi connectivity index (χ0n) is 11.2. The van der Waals surface area contributed by atoms with Crippen LogP contribution in [0.3, 0.4) is 0 Å². The molecule has 2 aromatic heterocycles. The Morgan fingerprint density at radius 3 is 2.52 bits per heavy atom. The van der Waals surface area contributed by atoms with Gasteiger partial charge in [0.15, 0.2) is 0 Å². The summed E-state index contributed by atoms with van der Waals surface area (Å²) < 4.78 is 0. The van der Waals surface area contributed by atoms with Crippen LogP contribution in [0.2, 0.25) is 0 Å². The first-order valence-corrected chi connectivity index (χ1v) is 6.55. The number of aryl methyl sites for hydroxylation is 1. The molecule has 0 unspecified atom stereocenters. The predicted octanol–water partition coefficient (Wildman–Crippen LogP) is 4.41. The number of hydrogen-bond acceptors (Lipinski definition) is 3. The van der Waals surface area contributed by atoms with Crippen molar-refractivity contribution < 1.29 is 4.79 Å². The number of carbonyl (C=O) groups is 1. The Bertz CT molecular complexity index is 804. The third-order valence-corrected chi connectivity index (χ3v) is 3.43. The lowest BCUT2D eigenvalue weighted by Crippen LogP contribution is -1.97. The lowest BCUT2D eigenvalue weighted by atomic mass is 10.0. The van der Waals surface area contributed by atoms with Crippen LogP contribution in [0.1, 0.15) is 15.9 Å². The van der Waals surface area contributed by atoms with Crippen LogP contribution >= 0.6 is 24.0 Å². The van der Waals surface area contributed by atoms with Gasteiger partial charge in [0, 0.05) is 28.9 Å². The standard InChI is InChI=1S/C16H11ClN2O.ClH/c1-10-3-2-4-12-13(16(17)20)9-14(19-15(10)12)11-5-7-18-8-6-11;/h2-9H,1H3;1H. The van der Waals surface area contributed by atoms with Crippen molar-refractivity contribution in [2.75, 3.05) is 0 Å². The molecule has 0 aliphatic rings. The number of hydrogen-bond donors (Lipinski definition) is 0. The van der Waals surface area contributed by atoms with Gasteiger partial charge < -0.3 is 0 Å². The van der Waals surface area contributed by atoms with Crippen molar-refractivity contribution in [3.8, 4) is 11.3 Å². The summed E-state index contributed by atoms with van der Waals surface area (Å²) >= 11 is 5.71. The number of nitrogens with zero attached hydrogens (tertiary/aromatic N) is 2. The second-order valence-corrected chi connectivity index (χ2v) is 4.88. The third kappa shape index (κ3) is 2.89. The van der Waals surface area contributed by atoms with E-state index in [0.29, 0.717) is 5.56 Å². The van der Waals surface area contributed by atoms with E-state index in [1.807, 2.05) is 37.3 Å². The maximum absolute atomic E-state index is 11.7. The van der Waals surface area contributed by atoms with Crippen LogP contribution in [-0.4, -0.2) is 15.2 Å². The molecule has 1 aromatic carbocycles. The van der Waals surface area contributed by atoms with Crippen molar-refractivity contribution in [3.05, 3.63) is 59.9 Å². The first kappa shape index (κ1) is 15.4. The van der Waals surface area contributed by atoms with Crippen LogP contribution in [-0.2, 0) is 0 Å². The highest BCUT2D eigenvalue weighted by molar-refractivity contribution is 6.68. The van der Waals surface area contributed by atoms with Crippen molar-refractivity contribution in [2.24, 2.45) is 0 Å². The lowest BCUT2D eigenvalue weighted by Gasteiger charge is -2.08. The smallest absolute Gasteiger partial charge is 0.253 e. The summed E-state index contributed by atoms with van der Waals surface area (Å²) in [6.07, 6.45) is 3.39. The normalized spacial score (nSPS) is 10.2. The molecule has 5 heteroatoms. The van der Waals surface area contributed by atoms with Gasteiger partial charge in [-0.3, -0.25) is 9.78 Å². The van der Waals surface area contributed by atoms with Gasteiger partial charge in [-0.05, 0) is 42.3 Å². The minimum absolute atomic E-state index is 0. The van der Waals surface area contributed by atoms with Crippen LogP contribution in [0.5, 0.6) is 0 Å². The molecule has 0 saturated heterocycles. The molecular formula is C16H12Cl2N2O. The molecule has 3 aromatic rings. The SMILES string of the molecule is Cc1cccc2c(C(=O)Cl)cc(-c3ccncc3)nc12.Cl. The Labute approximate surface area is 133 Å². The molecule has 21 heavy (non-hydrogen) atoms. The summed E-state index contributed by atoms with van der Waals surface area (Å²) in [5, 5.41) is 0.307. The van der Waals surface area contributed by atoms with Gasteiger partial charge in [0.25, 0.3) is 5.24 Å². The second-order valence-electron chi connectivity index (χ2n) is 4.54. The zero-order chi connectivity index (χ0) is 14.1. The summed E-state index contributed by atoms with van der Waals surface area (Å²) in [5.41, 5.74) is 3.91. The van der Waals surface area contributed by atoms with Gasteiger partial charge in [-0.25, -0.2) is 4.98 Å². The number of fused-ring (bicyclic) bond motifs is 1. The van der Waals surface area contributed by atoms with Crippen molar-refractivity contribution in [1.29, 1.82) is 0 Å². The Balaban J connectivity index is 0.00000161. The molecule has 0 aliphatic heterocycles. The van der Waals surface area contributed by atoms with Gasteiger partial charge in [-0.15, -0.1) is 12.4 Å². The Hall–Kier alpha value is -1.97. The first-order valence-electron chi connectivity index (χ1n) is 6.17. The van der Waals surface area contributed by atoms with E-state index in [9.17, 15) is 4.79 Å². The summed E-state index contributed by atoms with van der Waals surface area (Å²) in [6, 6.07) is 11.2. The maximum atomic E-state index is 11.7. The quantitative estimate of drug-likeness (QED) is 0.657. The molecular weight excluding hydrogens is 307 g/mol. The van der Waals surface area contributed by atoms with E-state index in [4.69, 9.17) is 11.6 Å². The summed E-state index contributed by atoms with van der Waals surface area (Å²) in [6.45, 7) is 1.97. The van der Waals surface area contributed by atoms with Crippen LogP contribution in [0.4, 0.5) is 0 Å². The van der Waals surface area contributed by atoms with Crippen molar-refractivity contribution in [2.45, 2.75) is 6.92 Å². The Kier molecular flexibility index (Phi) is 4.56. The lowest BCUT2D eigenvalue weighted by molar-refractivity contribution is 0.108. The van der Waals surface area contributed by atoms with Gasteiger partial charge >= 0.3 is 0 Å². The van der Waals surface area contributed by atoms with E-state index in [-0.39, 0.29) is 12.4 Å². The molecule has 2 heterocycles. The topological polar surface area (TPSA) is 42.9 Å². The van der Waals surface area contributed by atoms with Crippen molar-refractivity contribution in [1.82, 2.24) is 9.97 Å². The number of benzene rings is 1. The average Bonchev–Trinajstić information content (AvgIpc) is 2.47. The van der Waals surface area contributed by atoms with Crippen LogP contribution in [0.25, 0.3) is 22.2 Å². The minimum Gasteiger partial charge on any atom is -0.276 e. The summed E-state index contributed by atoms with van der Waals surface area (Å²) in [5.74, 6) is 0. The van der Waals surface area contributed by atoms with E-state index in [2.05, 4.69) is 9.97 Å². The Morgan fingerprint density at radius 2 is 1.86 bits per heavy atom. The molecule has 0 atom stereocenters. The fourth-order valence-corrected chi connectivity index (χ4v) is 2.38. The molecule has 3 rings (SSSR count). The number of halogens is 2. The van der Waals surface area contributed by atoms with Gasteiger partial charge in [0.2, 0.25) is 0 Å². The van der Waals surface area contributed by atoms with Crippen LogP contribution < -0.4 is 0 Å². The molecule has 0 saturated carbocycles. The fraction of sp³-hybridized carbons (Fsp3) is 0.0625.